The van der Waals surface area contributed by atoms with Crippen LogP contribution in [-0.2, 0) is 17.9 Å². The van der Waals surface area contributed by atoms with E-state index in [2.05, 4.69) is 28.4 Å². The number of rotatable bonds is 6. The zero-order chi connectivity index (χ0) is 23.2. The van der Waals surface area contributed by atoms with Crippen molar-refractivity contribution in [1.82, 2.24) is 15.1 Å². The molecule has 1 N–H and O–H groups in total. The van der Waals surface area contributed by atoms with Crippen molar-refractivity contribution >= 4 is 30.7 Å². The summed E-state index contributed by atoms with van der Waals surface area (Å²) in [6, 6.07) is 21.3. The average Bonchev–Trinajstić information content (AvgIpc) is 3.54. The molecule has 2 heterocycles. The number of amides is 1. The number of halogens is 2. The van der Waals surface area contributed by atoms with E-state index < -0.39 is 0 Å². The molecule has 2 aliphatic heterocycles. The van der Waals surface area contributed by atoms with Crippen LogP contribution in [0.15, 0.2) is 48.5 Å². The Bertz CT molecular complexity index is 1060. The van der Waals surface area contributed by atoms with Crippen molar-refractivity contribution in [1.29, 1.82) is 15.8 Å². The zero-order valence-corrected chi connectivity index (χ0v) is 20.9. The molecule has 0 aromatic heterocycles. The van der Waals surface area contributed by atoms with E-state index in [9.17, 15) is 10.1 Å². The molecule has 2 aliphatic rings. The number of nitrogens with one attached hydrogen (secondary N) is 1. The molecule has 2 saturated heterocycles. The third-order valence-electron chi connectivity index (χ3n) is 6.54. The fourth-order valence-corrected chi connectivity index (χ4v) is 4.70. The highest BCUT2D eigenvalue weighted by Crippen LogP contribution is 2.24. The summed E-state index contributed by atoms with van der Waals surface area (Å²) in [6.45, 7) is 2.71. The first-order chi connectivity index (χ1) is 16.1. The van der Waals surface area contributed by atoms with Gasteiger partial charge >= 0.3 is 0 Å². The van der Waals surface area contributed by atoms with Gasteiger partial charge in [-0.25, -0.2) is 0 Å². The van der Waals surface area contributed by atoms with Crippen LogP contribution in [0, 0.1) is 34.0 Å². The van der Waals surface area contributed by atoms with Crippen molar-refractivity contribution in [3.05, 3.63) is 70.8 Å². The van der Waals surface area contributed by atoms with Gasteiger partial charge in [-0.3, -0.25) is 9.69 Å². The quantitative estimate of drug-likeness (QED) is 0.636. The highest BCUT2D eigenvalue weighted by atomic mass is 35.5. The lowest BCUT2D eigenvalue weighted by molar-refractivity contribution is -0.133. The van der Waals surface area contributed by atoms with E-state index in [0.29, 0.717) is 43.7 Å². The molecule has 0 spiro atoms. The predicted octanol–water partition coefficient (Wildman–Crippen LogP) is 3.52. The minimum atomic E-state index is -0.313. The molecule has 3 atom stereocenters. The summed E-state index contributed by atoms with van der Waals surface area (Å²) in [5.41, 5.74) is 3.45. The molecule has 182 valence electrons. The minimum absolute atomic E-state index is 0. The van der Waals surface area contributed by atoms with Crippen LogP contribution < -0.4 is 5.32 Å². The lowest BCUT2D eigenvalue weighted by Crippen LogP contribution is -2.45. The van der Waals surface area contributed by atoms with Gasteiger partial charge in [-0.05, 0) is 54.7 Å². The topological polar surface area (TPSA) is 107 Å². The van der Waals surface area contributed by atoms with E-state index in [0.717, 1.165) is 24.0 Å². The maximum absolute atomic E-state index is 13.1. The summed E-state index contributed by atoms with van der Waals surface area (Å²) >= 11 is 0. The van der Waals surface area contributed by atoms with E-state index in [1.807, 2.05) is 48.5 Å². The summed E-state index contributed by atoms with van der Waals surface area (Å²) in [6.07, 6.45) is 2.31. The number of hydrogen-bond donors (Lipinski definition) is 1. The van der Waals surface area contributed by atoms with Crippen molar-refractivity contribution in [2.24, 2.45) is 0 Å². The van der Waals surface area contributed by atoms with Crippen molar-refractivity contribution < 1.29 is 4.79 Å². The molecule has 7 nitrogen and oxygen atoms in total. The molecule has 1 amide bonds. The highest BCUT2D eigenvalue weighted by Gasteiger charge is 2.38. The maximum atomic E-state index is 13.1. The Kier molecular flexibility index (Phi) is 10.5. The van der Waals surface area contributed by atoms with E-state index in [1.54, 1.807) is 4.90 Å². The van der Waals surface area contributed by atoms with Crippen LogP contribution in [-0.4, -0.2) is 46.9 Å². The first-order valence-electron chi connectivity index (χ1n) is 11.3. The Morgan fingerprint density at radius 2 is 1.49 bits per heavy atom. The van der Waals surface area contributed by atoms with Crippen LogP contribution in [0.25, 0.3) is 0 Å². The van der Waals surface area contributed by atoms with Crippen LogP contribution >= 0.6 is 24.8 Å². The lowest BCUT2D eigenvalue weighted by atomic mass is 10.1. The maximum Gasteiger partial charge on any atom is 0.240 e. The second-order valence-electron chi connectivity index (χ2n) is 8.69. The van der Waals surface area contributed by atoms with E-state index in [4.69, 9.17) is 10.5 Å². The molecular formula is C26H28Cl2N6O. The Balaban J connectivity index is 0.00000216. The molecule has 0 radical (unpaired) electrons. The van der Waals surface area contributed by atoms with Crippen LogP contribution in [0.4, 0.5) is 0 Å². The molecule has 35 heavy (non-hydrogen) atoms. The molecule has 2 fully saturated rings. The van der Waals surface area contributed by atoms with E-state index >= 15 is 0 Å². The fourth-order valence-electron chi connectivity index (χ4n) is 4.70. The molecule has 1 unspecified atom stereocenters. The first-order valence-corrected chi connectivity index (χ1v) is 11.3. The van der Waals surface area contributed by atoms with Gasteiger partial charge < -0.3 is 10.2 Å². The minimum Gasteiger partial charge on any atom is -0.325 e. The summed E-state index contributed by atoms with van der Waals surface area (Å²) in [7, 11) is 0. The predicted molar refractivity (Wildman–Crippen MR) is 137 cm³/mol. The van der Waals surface area contributed by atoms with Gasteiger partial charge in [0, 0.05) is 32.2 Å². The van der Waals surface area contributed by atoms with Gasteiger partial charge in [-0.2, -0.15) is 15.8 Å². The molecular weight excluding hydrogens is 483 g/mol. The van der Waals surface area contributed by atoms with E-state index in [1.165, 1.54) is 0 Å². The lowest BCUT2D eigenvalue weighted by Gasteiger charge is -2.29. The third kappa shape index (κ3) is 6.73. The standard InChI is InChI=1S/C26H26N6O.2ClH/c27-13-19-3-7-21(8-4-19)17-31(18-22-9-5-20(14-28)6-10-22)24-12-25(30-16-24)26(33)32-11-1-2-23(32)15-29;;/h3-10,23-25,30H,1-2,11-12,16-18H2;2*1H/t23?,24-,25-;;/m0../s1. The van der Waals surface area contributed by atoms with Gasteiger partial charge in [0.25, 0.3) is 0 Å². The smallest absolute Gasteiger partial charge is 0.240 e. The van der Waals surface area contributed by atoms with Crippen LogP contribution in [0.3, 0.4) is 0 Å². The van der Waals surface area contributed by atoms with Gasteiger partial charge in [0.05, 0.1) is 35.4 Å². The largest absolute Gasteiger partial charge is 0.325 e. The molecule has 0 saturated carbocycles. The SMILES string of the molecule is Cl.Cl.N#Cc1ccc(CN(Cc2ccc(C#N)cc2)[C@@H]2CN[C@H](C(=O)N3CCCC3C#N)C2)cc1. The molecule has 0 aliphatic carbocycles. The Hall–Kier alpha value is -3.12. The van der Waals surface area contributed by atoms with Gasteiger partial charge in [0.2, 0.25) is 5.91 Å². The zero-order valence-electron chi connectivity index (χ0n) is 19.3. The molecule has 0 bridgehead atoms. The average molecular weight is 511 g/mol. The highest BCUT2D eigenvalue weighted by molar-refractivity contribution is 5.85. The van der Waals surface area contributed by atoms with Crippen molar-refractivity contribution in [3.8, 4) is 18.2 Å². The monoisotopic (exact) mass is 510 g/mol. The normalized spacial score (nSPS) is 20.7. The van der Waals surface area contributed by atoms with Crippen LogP contribution in [0.1, 0.15) is 41.5 Å². The summed E-state index contributed by atoms with van der Waals surface area (Å²) < 4.78 is 0. The van der Waals surface area contributed by atoms with Gasteiger partial charge in [0.15, 0.2) is 0 Å². The Morgan fingerprint density at radius 3 is 1.97 bits per heavy atom. The fraction of sp³-hybridized carbons (Fsp3) is 0.385. The number of likely N-dealkylation sites (tertiary alicyclic amines) is 1. The molecule has 9 heteroatoms. The molecule has 2 aromatic rings. The second-order valence-corrected chi connectivity index (χ2v) is 8.69. The van der Waals surface area contributed by atoms with Gasteiger partial charge in [-0.1, -0.05) is 24.3 Å². The summed E-state index contributed by atoms with van der Waals surface area (Å²) in [5.74, 6) is 0.0262. The van der Waals surface area contributed by atoms with Gasteiger partial charge in [-0.15, -0.1) is 24.8 Å². The Labute approximate surface area is 218 Å². The number of carbonyl (C=O) groups excluding carboxylic acids is 1. The van der Waals surface area contributed by atoms with E-state index in [-0.39, 0.29) is 48.8 Å². The van der Waals surface area contributed by atoms with Gasteiger partial charge in [0.1, 0.15) is 6.04 Å². The summed E-state index contributed by atoms with van der Waals surface area (Å²) in [4.78, 5) is 17.1. The van der Waals surface area contributed by atoms with Crippen molar-refractivity contribution in [2.75, 3.05) is 13.1 Å². The Morgan fingerprint density at radius 1 is 0.943 bits per heavy atom. The summed E-state index contributed by atoms with van der Waals surface area (Å²) in [5, 5.41) is 30.9. The molecule has 4 rings (SSSR count). The second kappa shape index (κ2) is 13.1. The number of hydrogen-bond acceptors (Lipinski definition) is 6. The number of nitrogens with zero attached hydrogens (tertiary/aromatic N) is 5. The van der Waals surface area contributed by atoms with Crippen molar-refractivity contribution in [3.63, 3.8) is 0 Å². The number of nitriles is 3. The number of benzene rings is 2. The van der Waals surface area contributed by atoms with Crippen LogP contribution in [0.2, 0.25) is 0 Å². The van der Waals surface area contributed by atoms with Crippen LogP contribution in [0.5, 0.6) is 0 Å². The first kappa shape index (κ1) is 28.1. The third-order valence-corrected chi connectivity index (χ3v) is 6.54. The van der Waals surface area contributed by atoms with Crippen molar-refractivity contribution in [2.45, 2.75) is 50.5 Å². The number of carbonyl (C=O) groups is 1. The molecule has 2 aromatic carbocycles.